The molecular formula is C18H26N2S. The standard InChI is InChI=1S/C18H26N2S/c1-2-3-4-5-6-7-11-14-16-17(19)21-18(20-16)15-12-9-8-10-13-15/h8-10,12-13H,2-7,11,14,19H2,1H3. The predicted molar refractivity (Wildman–Crippen MR) is 93.7 cm³/mol. The Labute approximate surface area is 132 Å². The van der Waals surface area contributed by atoms with Crippen molar-refractivity contribution in [3.63, 3.8) is 0 Å². The molecule has 2 nitrogen and oxygen atoms in total. The summed E-state index contributed by atoms with van der Waals surface area (Å²) >= 11 is 1.61. The van der Waals surface area contributed by atoms with Gasteiger partial charge in [0.05, 0.1) is 5.69 Å². The molecule has 0 aliphatic heterocycles. The largest absolute Gasteiger partial charge is 0.389 e. The number of nitrogens with zero attached hydrogens (tertiary/aromatic N) is 1. The molecule has 0 saturated carbocycles. The molecule has 0 amide bonds. The molecule has 0 aliphatic carbocycles. The Hall–Kier alpha value is -1.35. The second kappa shape index (κ2) is 8.83. The van der Waals surface area contributed by atoms with E-state index in [0.717, 1.165) is 22.1 Å². The van der Waals surface area contributed by atoms with E-state index in [2.05, 4.69) is 19.1 Å². The van der Waals surface area contributed by atoms with Gasteiger partial charge in [-0.15, -0.1) is 0 Å². The van der Waals surface area contributed by atoms with Crippen LogP contribution < -0.4 is 5.73 Å². The summed E-state index contributed by atoms with van der Waals surface area (Å²) < 4.78 is 0. The van der Waals surface area contributed by atoms with Crippen molar-refractivity contribution in [2.24, 2.45) is 0 Å². The van der Waals surface area contributed by atoms with Crippen LogP contribution in [-0.2, 0) is 6.42 Å². The average molecular weight is 302 g/mol. The summed E-state index contributed by atoms with van der Waals surface area (Å²) in [7, 11) is 0. The van der Waals surface area contributed by atoms with Crippen LogP contribution in [-0.4, -0.2) is 4.98 Å². The third-order valence-electron chi connectivity index (χ3n) is 3.77. The van der Waals surface area contributed by atoms with Crippen molar-refractivity contribution >= 4 is 16.3 Å². The zero-order chi connectivity index (χ0) is 14.9. The van der Waals surface area contributed by atoms with Crippen molar-refractivity contribution < 1.29 is 0 Å². The van der Waals surface area contributed by atoms with Crippen LogP contribution in [0.4, 0.5) is 5.00 Å². The summed E-state index contributed by atoms with van der Waals surface area (Å²) in [6, 6.07) is 10.3. The summed E-state index contributed by atoms with van der Waals surface area (Å²) in [5, 5.41) is 1.94. The Bertz CT molecular complexity index is 519. The Morgan fingerprint density at radius 2 is 1.62 bits per heavy atom. The Balaban J connectivity index is 1.78. The highest BCUT2D eigenvalue weighted by atomic mass is 32.1. The Morgan fingerprint density at radius 1 is 0.952 bits per heavy atom. The lowest BCUT2D eigenvalue weighted by molar-refractivity contribution is 0.588. The second-order valence-electron chi connectivity index (χ2n) is 5.57. The van der Waals surface area contributed by atoms with E-state index < -0.39 is 0 Å². The number of unbranched alkanes of at least 4 members (excludes halogenated alkanes) is 6. The topological polar surface area (TPSA) is 38.9 Å². The van der Waals surface area contributed by atoms with E-state index in [1.807, 2.05) is 18.2 Å². The highest BCUT2D eigenvalue weighted by Gasteiger charge is 2.09. The number of hydrogen-bond donors (Lipinski definition) is 1. The SMILES string of the molecule is CCCCCCCCCc1nc(-c2ccccc2)sc1N. The Kier molecular flexibility index (Phi) is 6.74. The van der Waals surface area contributed by atoms with Gasteiger partial charge in [-0.3, -0.25) is 0 Å². The van der Waals surface area contributed by atoms with Gasteiger partial charge < -0.3 is 5.73 Å². The fraction of sp³-hybridized carbons (Fsp3) is 0.500. The number of nitrogen functional groups attached to an aromatic ring is 1. The molecule has 0 spiro atoms. The highest BCUT2D eigenvalue weighted by Crippen LogP contribution is 2.30. The van der Waals surface area contributed by atoms with Crippen molar-refractivity contribution in [3.8, 4) is 10.6 Å². The fourth-order valence-corrected chi connectivity index (χ4v) is 3.38. The van der Waals surface area contributed by atoms with Gasteiger partial charge in [0.2, 0.25) is 0 Å². The van der Waals surface area contributed by atoms with E-state index in [1.165, 1.54) is 50.5 Å². The van der Waals surface area contributed by atoms with Gasteiger partial charge in [-0.2, -0.15) is 0 Å². The van der Waals surface area contributed by atoms with E-state index in [1.54, 1.807) is 11.3 Å². The predicted octanol–water partition coefficient (Wildman–Crippen LogP) is 5.69. The van der Waals surface area contributed by atoms with Gasteiger partial charge >= 0.3 is 0 Å². The smallest absolute Gasteiger partial charge is 0.125 e. The van der Waals surface area contributed by atoms with Crippen LogP contribution in [0.1, 0.15) is 57.6 Å². The second-order valence-corrected chi connectivity index (χ2v) is 6.60. The first-order valence-corrected chi connectivity index (χ1v) is 8.93. The van der Waals surface area contributed by atoms with Crippen molar-refractivity contribution in [3.05, 3.63) is 36.0 Å². The molecule has 0 unspecified atom stereocenters. The van der Waals surface area contributed by atoms with Crippen molar-refractivity contribution in [1.29, 1.82) is 0 Å². The van der Waals surface area contributed by atoms with E-state index in [4.69, 9.17) is 10.7 Å². The van der Waals surface area contributed by atoms with Crippen LogP contribution in [0.5, 0.6) is 0 Å². The van der Waals surface area contributed by atoms with E-state index in [9.17, 15) is 0 Å². The Morgan fingerprint density at radius 3 is 2.33 bits per heavy atom. The van der Waals surface area contributed by atoms with Gasteiger partial charge in [0.15, 0.2) is 0 Å². The molecule has 114 valence electrons. The minimum atomic E-state index is 0.889. The summed E-state index contributed by atoms with van der Waals surface area (Å²) in [4.78, 5) is 4.72. The number of anilines is 1. The molecule has 1 aromatic heterocycles. The van der Waals surface area contributed by atoms with Gasteiger partial charge in [0.25, 0.3) is 0 Å². The van der Waals surface area contributed by atoms with E-state index in [0.29, 0.717) is 0 Å². The van der Waals surface area contributed by atoms with Crippen molar-refractivity contribution in [2.45, 2.75) is 58.3 Å². The first kappa shape index (κ1) is 16.0. The van der Waals surface area contributed by atoms with E-state index >= 15 is 0 Å². The molecule has 0 aliphatic rings. The first-order chi connectivity index (χ1) is 10.3. The highest BCUT2D eigenvalue weighted by molar-refractivity contribution is 7.18. The maximum atomic E-state index is 6.12. The summed E-state index contributed by atoms with van der Waals surface area (Å²) in [5.74, 6) is 0. The van der Waals surface area contributed by atoms with Crippen molar-refractivity contribution in [2.75, 3.05) is 5.73 Å². The van der Waals surface area contributed by atoms with Crippen LogP contribution in [0.3, 0.4) is 0 Å². The molecule has 2 rings (SSSR count). The third kappa shape index (κ3) is 5.16. The molecule has 0 radical (unpaired) electrons. The maximum absolute atomic E-state index is 6.12. The van der Waals surface area contributed by atoms with E-state index in [-0.39, 0.29) is 0 Å². The summed E-state index contributed by atoms with van der Waals surface area (Å²) in [6.07, 6.45) is 10.3. The number of thiazole rings is 1. The number of aromatic nitrogens is 1. The lowest BCUT2D eigenvalue weighted by Gasteiger charge is -2.00. The monoisotopic (exact) mass is 302 g/mol. The van der Waals surface area contributed by atoms with Crippen molar-refractivity contribution in [1.82, 2.24) is 4.98 Å². The molecule has 3 heteroatoms. The van der Waals surface area contributed by atoms with Gasteiger partial charge in [-0.1, -0.05) is 87.1 Å². The number of benzene rings is 1. The first-order valence-electron chi connectivity index (χ1n) is 8.12. The molecule has 2 N–H and O–H groups in total. The molecule has 1 heterocycles. The van der Waals surface area contributed by atoms with Crippen LogP contribution in [0.25, 0.3) is 10.6 Å². The quantitative estimate of drug-likeness (QED) is 0.605. The average Bonchev–Trinajstić information content (AvgIpc) is 2.88. The van der Waals surface area contributed by atoms with Gasteiger partial charge in [0, 0.05) is 5.56 Å². The summed E-state index contributed by atoms with van der Waals surface area (Å²) in [5.41, 5.74) is 8.37. The molecule has 1 aromatic carbocycles. The molecule has 21 heavy (non-hydrogen) atoms. The van der Waals surface area contributed by atoms with Crippen LogP contribution >= 0.6 is 11.3 Å². The zero-order valence-electron chi connectivity index (χ0n) is 13.0. The van der Waals surface area contributed by atoms with Gasteiger partial charge in [-0.25, -0.2) is 4.98 Å². The number of hydrogen-bond acceptors (Lipinski definition) is 3. The lowest BCUT2D eigenvalue weighted by atomic mass is 10.1. The van der Waals surface area contributed by atoms with Crippen LogP contribution in [0.15, 0.2) is 30.3 Å². The normalized spacial score (nSPS) is 10.9. The number of nitrogens with two attached hydrogens (primary N) is 1. The zero-order valence-corrected chi connectivity index (χ0v) is 13.8. The molecule has 0 bridgehead atoms. The number of rotatable bonds is 9. The molecule has 0 atom stereocenters. The minimum absolute atomic E-state index is 0.889. The third-order valence-corrected chi connectivity index (χ3v) is 4.74. The minimum Gasteiger partial charge on any atom is -0.389 e. The fourth-order valence-electron chi connectivity index (χ4n) is 2.50. The van der Waals surface area contributed by atoms with Crippen LogP contribution in [0, 0.1) is 0 Å². The van der Waals surface area contributed by atoms with Crippen LogP contribution in [0.2, 0.25) is 0 Å². The van der Waals surface area contributed by atoms with Gasteiger partial charge in [-0.05, 0) is 12.8 Å². The maximum Gasteiger partial charge on any atom is 0.125 e. The molecule has 0 saturated heterocycles. The van der Waals surface area contributed by atoms with Gasteiger partial charge in [0.1, 0.15) is 10.0 Å². The molecule has 0 fully saturated rings. The molecular weight excluding hydrogens is 276 g/mol. The number of aryl methyl sites for hydroxylation is 1. The lowest BCUT2D eigenvalue weighted by Crippen LogP contribution is -1.92. The summed E-state index contributed by atoms with van der Waals surface area (Å²) in [6.45, 7) is 2.26. The molecule has 2 aromatic rings.